The molecule has 1 heterocycles. The topological polar surface area (TPSA) is 53.3 Å². The maximum Gasteiger partial charge on any atom is 0.131 e. The van der Waals surface area contributed by atoms with Crippen molar-refractivity contribution < 1.29 is 5.11 Å². The van der Waals surface area contributed by atoms with Gasteiger partial charge in [-0.25, -0.2) is 0 Å². The fraction of sp³-hybridized carbons (Fsp3) is 0.769. The van der Waals surface area contributed by atoms with Crippen LogP contribution < -0.4 is 10.2 Å². The number of nitrogens with zero attached hydrogens (tertiary/aromatic N) is 3. The largest absolute Gasteiger partial charge is 0.392 e. The van der Waals surface area contributed by atoms with Crippen molar-refractivity contribution in [1.29, 1.82) is 0 Å². The van der Waals surface area contributed by atoms with Gasteiger partial charge in [-0.15, -0.1) is 0 Å². The summed E-state index contributed by atoms with van der Waals surface area (Å²) in [4.78, 5) is 2.06. The summed E-state index contributed by atoms with van der Waals surface area (Å²) in [6, 6.07) is 0.444. The number of likely N-dealkylation sites (N-methyl/N-ethyl adjacent to an activating group) is 1. The maximum atomic E-state index is 9.50. The highest BCUT2D eigenvalue weighted by Gasteiger charge is 2.17. The fourth-order valence-corrected chi connectivity index (χ4v) is 2.16. The lowest BCUT2D eigenvalue weighted by Crippen LogP contribution is -2.30. The van der Waals surface area contributed by atoms with Crippen LogP contribution >= 0.6 is 0 Å². The van der Waals surface area contributed by atoms with Gasteiger partial charge in [-0.1, -0.05) is 13.8 Å². The normalized spacial score (nSPS) is 13.1. The lowest BCUT2D eigenvalue weighted by Gasteiger charge is -2.23. The summed E-state index contributed by atoms with van der Waals surface area (Å²) in [5.74, 6) is 1.07. The summed E-state index contributed by atoms with van der Waals surface area (Å²) in [6.45, 7) is 9.49. The molecule has 1 aromatic rings. The Balaban J connectivity index is 2.94. The molecule has 0 aliphatic heterocycles. The van der Waals surface area contributed by atoms with Crippen LogP contribution in [0, 0.1) is 6.92 Å². The Bertz CT molecular complexity index is 385. The van der Waals surface area contributed by atoms with E-state index in [2.05, 4.69) is 29.2 Å². The van der Waals surface area contributed by atoms with Crippen molar-refractivity contribution in [1.82, 2.24) is 15.1 Å². The van der Waals surface area contributed by atoms with E-state index < -0.39 is 0 Å². The van der Waals surface area contributed by atoms with Crippen LogP contribution in [-0.2, 0) is 13.6 Å². The molecule has 0 spiro atoms. The number of nitrogens with one attached hydrogen (secondary N) is 1. The van der Waals surface area contributed by atoms with Crippen LogP contribution in [0.1, 0.15) is 32.0 Å². The quantitative estimate of drug-likeness (QED) is 0.796. The number of anilines is 1. The summed E-state index contributed by atoms with van der Waals surface area (Å²) in [5, 5.41) is 17.4. The van der Waals surface area contributed by atoms with Gasteiger partial charge < -0.3 is 15.3 Å². The molecule has 0 radical (unpaired) electrons. The third-order valence-electron chi connectivity index (χ3n) is 2.90. The average molecular weight is 254 g/mol. The Morgan fingerprint density at radius 2 is 2.00 bits per heavy atom. The number of hydrogen-bond donors (Lipinski definition) is 2. The Hall–Kier alpha value is -1.07. The predicted octanol–water partition coefficient (Wildman–Crippen LogP) is 1.04. The zero-order valence-electron chi connectivity index (χ0n) is 12.4. The number of aromatic nitrogens is 2. The summed E-state index contributed by atoms with van der Waals surface area (Å²) >= 11 is 0. The minimum absolute atomic E-state index is 0.351. The van der Waals surface area contributed by atoms with Gasteiger partial charge in [-0.05, 0) is 13.8 Å². The van der Waals surface area contributed by atoms with Gasteiger partial charge >= 0.3 is 0 Å². The van der Waals surface area contributed by atoms with Crippen molar-refractivity contribution in [3.63, 3.8) is 0 Å². The maximum absolute atomic E-state index is 9.50. The second-order valence-corrected chi connectivity index (χ2v) is 5.28. The van der Waals surface area contributed by atoms with Gasteiger partial charge in [0.15, 0.2) is 0 Å². The van der Waals surface area contributed by atoms with Crippen LogP contribution in [0.2, 0.25) is 0 Å². The van der Waals surface area contributed by atoms with Gasteiger partial charge in [-0.3, -0.25) is 4.68 Å². The number of hydrogen-bond acceptors (Lipinski definition) is 4. The molecule has 1 unspecified atom stereocenters. The first-order valence-electron chi connectivity index (χ1n) is 6.48. The molecule has 5 heteroatoms. The van der Waals surface area contributed by atoms with Crippen molar-refractivity contribution in [3.05, 3.63) is 11.3 Å². The molecule has 0 saturated carbocycles. The monoisotopic (exact) mass is 254 g/mol. The van der Waals surface area contributed by atoms with E-state index in [-0.39, 0.29) is 6.10 Å². The first kappa shape index (κ1) is 15.0. The van der Waals surface area contributed by atoms with Crippen molar-refractivity contribution in [2.45, 2.75) is 46.4 Å². The Morgan fingerprint density at radius 3 is 2.50 bits per heavy atom. The molecule has 0 amide bonds. The summed E-state index contributed by atoms with van der Waals surface area (Å²) in [6.07, 6.45) is -0.351. The minimum Gasteiger partial charge on any atom is -0.392 e. The molecule has 0 aliphatic carbocycles. The van der Waals surface area contributed by atoms with E-state index in [0.717, 1.165) is 18.1 Å². The van der Waals surface area contributed by atoms with Crippen LogP contribution in [0.4, 0.5) is 5.82 Å². The van der Waals surface area contributed by atoms with E-state index in [1.54, 1.807) is 6.92 Å². The lowest BCUT2D eigenvalue weighted by atomic mass is 10.2. The molecule has 0 aliphatic rings. The van der Waals surface area contributed by atoms with Crippen LogP contribution in [0.25, 0.3) is 0 Å². The van der Waals surface area contributed by atoms with Gasteiger partial charge in [0, 0.05) is 38.8 Å². The molecule has 0 bridgehead atoms. The number of aryl methyl sites for hydroxylation is 2. The summed E-state index contributed by atoms with van der Waals surface area (Å²) < 4.78 is 1.88. The molecular formula is C13H26N4O. The number of rotatable bonds is 6. The second kappa shape index (κ2) is 6.20. The van der Waals surface area contributed by atoms with Crippen molar-refractivity contribution in [2.24, 2.45) is 7.05 Å². The number of aliphatic hydroxyl groups is 1. The standard InChI is InChI=1S/C13H26N4O/c1-9(2)14-7-12-11(4)15-17(6)13(12)16(5)8-10(3)18/h9-10,14,18H,7-8H2,1-6H3. The van der Waals surface area contributed by atoms with E-state index in [4.69, 9.17) is 0 Å². The number of aliphatic hydroxyl groups excluding tert-OH is 1. The average Bonchev–Trinajstić information content (AvgIpc) is 2.49. The molecule has 1 atom stereocenters. The minimum atomic E-state index is -0.351. The molecule has 5 nitrogen and oxygen atoms in total. The van der Waals surface area contributed by atoms with Crippen LogP contribution in [0.3, 0.4) is 0 Å². The Labute approximate surface area is 110 Å². The SMILES string of the molecule is Cc1nn(C)c(N(C)CC(C)O)c1CNC(C)C. The Kier molecular flexibility index (Phi) is 5.16. The summed E-state index contributed by atoms with van der Waals surface area (Å²) in [5.41, 5.74) is 2.24. The molecular weight excluding hydrogens is 228 g/mol. The molecule has 0 saturated heterocycles. The van der Waals surface area contributed by atoms with E-state index >= 15 is 0 Å². The lowest BCUT2D eigenvalue weighted by molar-refractivity contribution is 0.201. The van der Waals surface area contributed by atoms with Crippen molar-refractivity contribution >= 4 is 5.82 Å². The highest BCUT2D eigenvalue weighted by molar-refractivity contribution is 5.49. The highest BCUT2D eigenvalue weighted by atomic mass is 16.3. The molecule has 2 N–H and O–H groups in total. The first-order chi connectivity index (χ1) is 8.32. The van der Waals surface area contributed by atoms with E-state index in [1.165, 1.54) is 5.56 Å². The summed E-state index contributed by atoms with van der Waals surface area (Å²) in [7, 11) is 3.93. The van der Waals surface area contributed by atoms with Crippen LogP contribution in [0.5, 0.6) is 0 Å². The van der Waals surface area contributed by atoms with Gasteiger partial charge in [-0.2, -0.15) is 5.10 Å². The van der Waals surface area contributed by atoms with Gasteiger partial charge in [0.25, 0.3) is 0 Å². The molecule has 18 heavy (non-hydrogen) atoms. The van der Waals surface area contributed by atoms with E-state index in [9.17, 15) is 5.11 Å². The zero-order chi connectivity index (χ0) is 13.9. The smallest absolute Gasteiger partial charge is 0.131 e. The molecule has 104 valence electrons. The second-order valence-electron chi connectivity index (χ2n) is 5.28. The molecule has 0 aromatic carbocycles. The molecule has 1 aromatic heterocycles. The van der Waals surface area contributed by atoms with Crippen LogP contribution in [-0.4, -0.2) is 40.6 Å². The van der Waals surface area contributed by atoms with Gasteiger partial charge in [0.05, 0.1) is 11.8 Å². The van der Waals surface area contributed by atoms with Crippen molar-refractivity contribution in [3.8, 4) is 0 Å². The molecule has 1 rings (SSSR count). The highest BCUT2D eigenvalue weighted by Crippen LogP contribution is 2.22. The molecule has 0 fully saturated rings. The zero-order valence-corrected chi connectivity index (χ0v) is 12.4. The van der Waals surface area contributed by atoms with Crippen LogP contribution in [0.15, 0.2) is 0 Å². The van der Waals surface area contributed by atoms with Gasteiger partial charge in [0.1, 0.15) is 5.82 Å². The third-order valence-corrected chi connectivity index (χ3v) is 2.90. The fourth-order valence-electron chi connectivity index (χ4n) is 2.16. The van der Waals surface area contributed by atoms with E-state index in [0.29, 0.717) is 12.6 Å². The predicted molar refractivity (Wildman–Crippen MR) is 74.9 cm³/mol. The first-order valence-corrected chi connectivity index (χ1v) is 6.48. The van der Waals surface area contributed by atoms with Crippen molar-refractivity contribution in [2.75, 3.05) is 18.5 Å². The van der Waals surface area contributed by atoms with E-state index in [1.807, 2.05) is 25.7 Å². The van der Waals surface area contributed by atoms with Gasteiger partial charge in [0.2, 0.25) is 0 Å². The third kappa shape index (κ3) is 3.71. The Morgan fingerprint density at radius 1 is 1.39 bits per heavy atom.